The first kappa shape index (κ1) is 22.5. The number of carbonyl (C=O) groups excluding carboxylic acids is 1. The van der Waals surface area contributed by atoms with Crippen LogP contribution < -0.4 is 25.4 Å². The molecule has 7 nitrogen and oxygen atoms in total. The van der Waals surface area contributed by atoms with Crippen LogP contribution in [0.3, 0.4) is 0 Å². The number of carbonyl (C=O) groups is 1. The molecule has 1 fully saturated rings. The summed E-state index contributed by atoms with van der Waals surface area (Å²) in [5, 5.41) is 9.47. The molecule has 1 aliphatic carbocycles. The number of rotatable bonds is 8. The Bertz CT molecular complexity index is 907. The Hall–Kier alpha value is -3.22. The quantitative estimate of drug-likeness (QED) is 0.443. The summed E-state index contributed by atoms with van der Waals surface area (Å²) >= 11 is 0. The van der Waals surface area contributed by atoms with E-state index in [1.54, 1.807) is 14.2 Å². The first-order valence-corrected chi connectivity index (χ1v) is 10.7. The lowest BCUT2D eigenvalue weighted by Crippen LogP contribution is -2.36. The summed E-state index contributed by atoms with van der Waals surface area (Å²) in [7, 11) is 3.41. The highest BCUT2D eigenvalue weighted by molar-refractivity contribution is 5.88. The Morgan fingerprint density at radius 1 is 1.10 bits per heavy atom. The monoisotopic (exact) mass is 424 g/mol. The van der Waals surface area contributed by atoms with E-state index in [1.807, 2.05) is 42.5 Å². The molecule has 0 atom stereocenters. The van der Waals surface area contributed by atoms with Gasteiger partial charge in [-0.3, -0.25) is 9.79 Å². The van der Waals surface area contributed by atoms with Gasteiger partial charge in [0.2, 0.25) is 5.91 Å². The Balaban J connectivity index is 1.61. The first-order chi connectivity index (χ1) is 15.1. The van der Waals surface area contributed by atoms with Gasteiger partial charge in [-0.15, -0.1) is 0 Å². The lowest BCUT2D eigenvalue weighted by atomic mass is 10.1. The van der Waals surface area contributed by atoms with Gasteiger partial charge in [0.05, 0.1) is 13.2 Å². The molecule has 0 bridgehead atoms. The predicted molar refractivity (Wildman–Crippen MR) is 124 cm³/mol. The lowest BCUT2D eigenvalue weighted by Gasteiger charge is -2.20. The largest absolute Gasteiger partial charge is 0.493 e. The standard InChI is InChI=1S/C24H32N4O3/c1-17(29)28-20-10-6-8-18(14-20)15-26-24(25-2)27-16-19-9-7-13-22(30-3)23(19)31-21-11-4-5-12-21/h6-10,13-14,21H,4-5,11-12,15-16H2,1-3H3,(H,28,29)(H2,25,26,27). The highest BCUT2D eigenvalue weighted by Gasteiger charge is 2.20. The molecule has 0 heterocycles. The van der Waals surface area contributed by atoms with Crippen LogP contribution in [0.4, 0.5) is 5.69 Å². The van der Waals surface area contributed by atoms with Crippen molar-refractivity contribution in [3.63, 3.8) is 0 Å². The molecule has 3 N–H and O–H groups in total. The minimum Gasteiger partial charge on any atom is -0.493 e. The van der Waals surface area contributed by atoms with E-state index < -0.39 is 0 Å². The fraction of sp³-hybridized carbons (Fsp3) is 0.417. The van der Waals surface area contributed by atoms with Gasteiger partial charge in [0.25, 0.3) is 0 Å². The van der Waals surface area contributed by atoms with Crippen LogP contribution in [0, 0.1) is 0 Å². The molecule has 0 saturated heterocycles. The topological polar surface area (TPSA) is 84.0 Å². The van der Waals surface area contributed by atoms with Crippen LogP contribution in [0.5, 0.6) is 11.5 Å². The van der Waals surface area contributed by atoms with E-state index >= 15 is 0 Å². The summed E-state index contributed by atoms with van der Waals surface area (Å²) in [6.45, 7) is 2.64. The highest BCUT2D eigenvalue weighted by atomic mass is 16.5. The number of hydrogen-bond donors (Lipinski definition) is 3. The van der Waals surface area contributed by atoms with E-state index in [2.05, 4.69) is 20.9 Å². The molecular weight excluding hydrogens is 392 g/mol. The van der Waals surface area contributed by atoms with Crippen molar-refractivity contribution < 1.29 is 14.3 Å². The van der Waals surface area contributed by atoms with Crippen molar-refractivity contribution in [2.24, 2.45) is 4.99 Å². The number of nitrogens with one attached hydrogen (secondary N) is 3. The molecule has 0 unspecified atom stereocenters. The SMILES string of the molecule is CN=C(NCc1cccc(NC(C)=O)c1)NCc1cccc(OC)c1OC1CCCC1. The van der Waals surface area contributed by atoms with E-state index in [1.165, 1.54) is 19.8 Å². The molecule has 0 aromatic heterocycles. The average molecular weight is 425 g/mol. The number of nitrogens with zero attached hydrogens (tertiary/aromatic N) is 1. The predicted octanol–water partition coefficient (Wildman–Crippen LogP) is 3.84. The zero-order valence-corrected chi connectivity index (χ0v) is 18.5. The second kappa shape index (κ2) is 11.2. The van der Waals surface area contributed by atoms with Crippen molar-refractivity contribution in [3.05, 3.63) is 53.6 Å². The Morgan fingerprint density at radius 2 is 1.84 bits per heavy atom. The highest BCUT2D eigenvalue weighted by Crippen LogP contribution is 2.34. The number of para-hydroxylation sites is 1. The maximum Gasteiger partial charge on any atom is 0.221 e. The van der Waals surface area contributed by atoms with Crippen LogP contribution in [-0.2, 0) is 17.9 Å². The maximum atomic E-state index is 11.3. The van der Waals surface area contributed by atoms with Crippen molar-refractivity contribution >= 4 is 17.6 Å². The Kier molecular flexibility index (Phi) is 8.15. The van der Waals surface area contributed by atoms with Crippen molar-refractivity contribution in [1.82, 2.24) is 10.6 Å². The van der Waals surface area contributed by atoms with E-state index in [9.17, 15) is 4.79 Å². The van der Waals surface area contributed by atoms with Crippen LogP contribution in [0.1, 0.15) is 43.7 Å². The minimum absolute atomic E-state index is 0.0866. The van der Waals surface area contributed by atoms with Gasteiger partial charge in [0.1, 0.15) is 0 Å². The van der Waals surface area contributed by atoms with Gasteiger partial charge in [0, 0.05) is 38.3 Å². The van der Waals surface area contributed by atoms with E-state index in [-0.39, 0.29) is 12.0 Å². The molecule has 0 spiro atoms. The third kappa shape index (κ3) is 6.64. The maximum absolute atomic E-state index is 11.3. The third-order valence-corrected chi connectivity index (χ3v) is 5.24. The Morgan fingerprint density at radius 3 is 2.55 bits per heavy atom. The van der Waals surface area contributed by atoms with Crippen LogP contribution >= 0.6 is 0 Å². The molecule has 31 heavy (non-hydrogen) atoms. The molecular formula is C24H32N4O3. The van der Waals surface area contributed by atoms with Gasteiger partial charge >= 0.3 is 0 Å². The fourth-order valence-electron chi connectivity index (χ4n) is 3.72. The van der Waals surface area contributed by atoms with Gasteiger partial charge < -0.3 is 25.4 Å². The average Bonchev–Trinajstić information content (AvgIpc) is 3.27. The third-order valence-electron chi connectivity index (χ3n) is 5.24. The number of aliphatic imine (C=N–C) groups is 1. The molecule has 7 heteroatoms. The van der Waals surface area contributed by atoms with Crippen LogP contribution in [0.25, 0.3) is 0 Å². The number of methoxy groups -OCH3 is 1. The molecule has 1 aliphatic rings. The number of ether oxygens (including phenoxy) is 2. The molecule has 0 aliphatic heterocycles. The van der Waals surface area contributed by atoms with Gasteiger partial charge in [-0.05, 0) is 49.4 Å². The van der Waals surface area contributed by atoms with Gasteiger partial charge in [-0.1, -0.05) is 24.3 Å². The zero-order chi connectivity index (χ0) is 22.1. The zero-order valence-electron chi connectivity index (χ0n) is 18.5. The second-order valence-electron chi connectivity index (χ2n) is 7.63. The van der Waals surface area contributed by atoms with Gasteiger partial charge in [0.15, 0.2) is 17.5 Å². The van der Waals surface area contributed by atoms with E-state index in [0.717, 1.165) is 41.2 Å². The van der Waals surface area contributed by atoms with Crippen LogP contribution in [0.15, 0.2) is 47.5 Å². The summed E-state index contributed by atoms with van der Waals surface area (Å²) in [6.07, 6.45) is 4.86. The molecule has 1 amide bonds. The summed E-state index contributed by atoms with van der Waals surface area (Å²) in [5.74, 6) is 2.16. The Labute approximate surface area is 184 Å². The molecule has 2 aromatic rings. The molecule has 2 aromatic carbocycles. The number of benzene rings is 2. The molecule has 166 valence electrons. The second-order valence-corrected chi connectivity index (χ2v) is 7.63. The van der Waals surface area contributed by atoms with Crippen molar-refractivity contribution in [3.8, 4) is 11.5 Å². The fourth-order valence-corrected chi connectivity index (χ4v) is 3.72. The molecule has 3 rings (SSSR count). The smallest absolute Gasteiger partial charge is 0.221 e. The van der Waals surface area contributed by atoms with Gasteiger partial charge in [-0.2, -0.15) is 0 Å². The van der Waals surface area contributed by atoms with Crippen LogP contribution in [-0.4, -0.2) is 32.1 Å². The minimum atomic E-state index is -0.0866. The van der Waals surface area contributed by atoms with Crippen molar-refractivity contribution in [2.75, 3.05) is 19.5 Å². The summed E-state index contributed by atoms with van der Waals surface area (Å²) in [5.41, 5.74) is 2.85. The number of hydrogen-bond acceptors (Lipinski definition) is 4. The van der Waals surface area contributed by atoms with E-state index in [0.29, 0.717) is 19.0 Å². The number of anilines is 1. The van der Waals surface area contributed by atoms with Crippen LogP contribution in [0.2, 0.25) is 0 Å². The lowest BCUT2D eigenvalue weighted by molar-refractivity contribution is -0.114. The number of amides is 1. The summed E-state index contributed by atoms with van der Waals surface area (Å²) in [4.78, 5) is 15.6. The van der Waals surface area contributed by atoms with Crippen molar-refractivity contribution in [1.29, 1.82) is 0 Å². The first-order valence-electron chi connectivity index (χ1n) is 10.7. The van der Waals surface area contributed by atoms with E-state index in [4.69, 9.17) is 9.47 Å². The van der Waals surface area contributed by atoms with Gasteiger partial charge in [-0.25, -0.2) is 0 Å². The molecule has 0 radical (unpaired) electrons. The summed E-state index contributed by atoms with van der Waals surface area (Å²) in [6, 6.07) is 13.7. The summed E-state index contributed by atoms with van der Waals surface area (Å²) < 4.78 is 11.9. The molecule has 1 saturated carbocycles. The number of guanidine groups is 1. The normalized spacial score (nSPS) is 14.2. The van der Waals surface area contributed by atoms with Crippen molar-refractivity contribution in [2.45, 2.75) is 51.8 Å².